The molecule has 4 nitrogen and oxygen atoms in total. The van der Waals surface area contributed by atoms with E-state index in [1.807, 2.05) is 0 Å². The summed E-state index contributed by atoms with van der Waals surface area (Å²) in [5.41, 5.74) is 0.0702. The molecule has 0 fully saturated rings. The Balaban J connectivity index is 2.72. The van der Waals surface area contributed by atoms with Gasteiger partial charge in [-0.15, -0.1) is 0 Å². The third-order valence-corrected chi connectivity index (χ3v) is 2.66. The van der Waals surface area contributed by atoms with Crippen molar-refractivity contribution in [2.24, 2.45) is 0 Å². The predicted octanol–water partition coefficient (Wildman–Crippen LogP) is 2.83. The molecule has 0 aliphatic carbocycles. The number of halogens is 4. The van der Waals surface area contributed by atoms with Crippen LogP contribution in [0.5, 0.6) is 0 Å². The van der Waals surface area contributed by atoms with E-state index in [0.29, 0.717) is 0 Å². The highest BCUT2D eigenvalue weighted by Gasteiger charge is 2.17. The van der Waals surface area contributed by atoms with Crippen LogP contribution >= 0.6 is 23.2 Å². The predicted molar refractivity (Wildman–Crippen MR) is 57.7 cm³/mol. The molecule has 0 saturated heterocycles. The summed E-state index contributed by atoms with van der Waals surface area (Å²) in [5.74, 6) is 0. The number of nitrogens with zero attached hydrogens (tertiary/aromatic N) is 4. The van der Waals surface area contributed by atoms with Crippen LogP contribution in [0, 0.1) is 19.1 Å². The second-order valence-corrected chi connectivity index (χ2v) is 3.86. The largest absolute Gasteiger partial charge is 0.309 e. The minimum absolute atomic E-state index is 0.0193. The van der Waals surface area contributed by atoms with Crippen molar-refractivity contribution in [3.05, 3.63) is 34.1 Å². The van der Waals surface area contributed by atoms with E-state index in [9.17, 15) is 8.78 Å². The molecule has 0 saturated carbocycles. The summed E-state index contributed by atoms with van der Waals surface area (Å²) in [4.78, 5) is 13.6. The van der Waals surface area contributed by atoms with Crippen molar-refractivity contribution in [2.45, 2.75) is 6.92 Å². The summed E-state index contributed by atoms with van der Waals surface area (Å²) < 4.78 is 26.0. The second-order valence-electron chi connectivity index (χ2n) is 3.08. The van der Waals surface area contributed by atoms with Gasteiger partial charge in [0.1, 0.15) is 11.4 Å². The highest BCUT2D eigenvalue weighted by Crippen LogP contribution is 2.30. The topological polar surface area (TPSA) is 51.6 Å². The Kier molecular flexibility index (Phi) is 3.17. The van der Waals surface area contributed by atoms with E-state index >= 15 is 0 Å². The van der Waals surface area contributed by atoms with Gasteiger partial charge >= 0.3 is 12.2 Å². The first-order valence-electron chi connectivity index (χ1n) is 4.37. The molecule has 17 heavy (non-hydrogen) atoms. The first-order valence-corrected chi connectivity index (χ1v) is 5.12. The molecule has 2 rings (SSSR count). The van der Waals surface area contributed by atoms with Crippen LogP contribution in [-0.2, 0) is 0 Å². The van der Waals surface area contributed by atoms with Crippen molar-refractivity contribution in [1.29, 1.82) is 0 Å². The molecule has 0 unspecified atom stereocenters. The van der Waals surface area contributed by atoms with Crippen molar-refractivity contribution in [3.8, 4) is 11.4 Å². The zero-order valence-corrected chi connectivity index (χ0v) is 9.89. The molecule has 0 bridgehead atoms. The van der Waals surface area contributed by atoms with Crippen LogP contribution < -0.4 is 0 Å². The zero-order chi connectivity index (χ0) is 12.6. The van der Waals surface area contributed by atoms with Crippen LogP contribution in [0.25, 0.3) is 11.4 Å². The quantitative estimate of drug-likeness (QED) is 0.752. The molecular weight excluding hydrogens is 273 g/mol. The Hall–Kier alpha value is -1.40. The molecule has 0 aliphatic rings. The molecule has 2 aromatic heterocycles. The van der Waals surface area contributed by atoms with Gasteiger partial charge in [-0.1, -0.05) is 23.2 Å². The molecule has 8 heteroatoms. The molecule has 0 spiro atoms. The summed E-state index contributed by atoms with van der Waals surface area (Å²) in [6.07, 6.45) is -0.945. The van der Waals surface area contributed by atoms with Gasteiger partial charge in [0.05, 0.1) is 21.9 Å². The van der Waals surface area contributed by atoms with Crippen molar-refractivity contribution >= 4 is 23.2 Å². The second kappa shape index (κ2) is 4.46. The fourth-order valence-corrected chi connectivity index (χ4v) is 1.55. The van der Waals surface area contributed by atoms with E-state index in [0.717, 1.165) is 6.20 Å². The van der Waals surface area contributed by atoms with Gasteiger partial charge in [0.2, 0.25) is 0 Å². The lowest BCUT2D eigenvalue weighted by atomic mass is 10.2. The zero-order valence-electron chi connectivity index (χ0n) is 8.38. The monoisotopic (exact) mass is 276 g/mol. The maximum absolute atomic E-state index is 13.1. The van der Waals surface area contributed by atoms with E-state index in [-0.39, 0.29) is 27.1 Å². The lowest BCUT2D eigenvalue weighted by Crippen LogP contribution is -2.01. The molecule has 0 aliphatic heterocycles. The molecule has 0 aromatic carbocycles. The number of hydrogen-bond donors (Lipinski definition) is 0. The molecule has 0 N–H and O–H groups in total. The van der Waals surface area contributed by atoms with Gasteiger partial charge < -0.3 is 0 Å². The van der Waals surface area contributed by atoms with Gasteiger partial charge in [-0.05, 0) is 6.92 Å². The van der Waals surface area contributed by atoms with Crippen LogP contribution in [-0.4, -0.2) is 19.9 Å². The number of aryl methyl sites for hydroxylation is 1. The van der Waals surface area contributed by atoms with Crippen molar-refractivity contribution < 1.29 is 8.78 Å². The molecule has 0 atom stereocenters. The Bertz CT molecular complexity index is 591. The van der Waals surface area contributed by atoms with Gasteiger partial charge in [-0.3, -0.25) is 0 Å². The van der Waals surface area contributed by atoms with E-state index in [2.05, 4.69) is 19.9 Å². The van der Waals surface area contributed by atoms with Gasteiger partial charge in [-0.2, -0.15) is 18.7 Å². The van der Waals surface area contributed by atoms with Crippen LogP contribution in [0.4, 0.5) is 8.78 Å². The number of aromatic nitrogens is 4. The summed E-state index contributed by atoms with van der Waals surface area (Å²) in [6.45, 7) is 1.49. The Morgan fingerprint density at radius 1 is 1.00 bits per heavy atom. The van der Waals surface area contributed by atoms with Crippen molar-refractivity contribution in [1.82, 2.24) is 19.9 Å². The fourth-order valence-electron chi connectivity index (χ4n) is 1.19. The van der Waals surface area contributed by atoms with Crippen LogP contribution in [0.2, 0.25) is 10.0 Å². The standard InChI is InChI=1S/C9H4Cl2F2N4/c1-3-5(11)7(17-9(13)15-3)6-4(10)2-14-8(12)16-6/h2H,1H3. The summed E-state index contributed by atoms with van der Waals surface area (Å²) >= 11 is 11.7. The average Bonchev–Trinajstić information content (AvgIpc) is 2.27. The first kappa shape index (κ1) is 12.1. The molecule has 0 amide bonds. The molecule has 2 aromatic rings. The Labute approximate surface area is 105 Å². The van der Waals surface area contributed by atoms with Crippen LogP contribution in [0.15, 0.2) is 6.20 Å². The lowest BCUT2D eigenvalue weighted by Gasteiger charge is -2.06. The maximum Gasteiger partial charge on any atom is 0.309 e. The van der Waals surface area contributed by atoms with Crippen LogP contribution in [0.1, 0.15) is 5.69 Å². The van der Waals surface area contributed by atoms with Crippen molar-refractivity contribution in [2.75, 3.05) is 0 Å². The molecule has 2 heterocycles. The van der Waals surface area contributed by atoms with E-state index < -0.39 is 12.2 Å². The van der Waals surface area contributed by atoms with Crippen LogP contribution in [0.3, 0.4) is 0 Å². The highest BCUT2D eigenvalue weighted by molar-refractivity contribution is 6.36. The Morgan fingerprint density at radius 3 is 2.35 bits per heavy atom. The summed E-state index contributed by atoms with van der Waals surface area (Å²) in [6, 6.07) is 0. The van der Waals surface area contributed by atoms with Crippen molar-refractivity contribution in [3.63, 3.8) is 0 Å². The molecular formula is C9H4Cl2F2N4. The fraction of sp³-hybridized carbons (Fsp3) is 0.111. The minimum atomic E-state index is -1.00. The average molecular weight is 277 g/mol. The van der Waals surface area contributed by atoms with E-state index in [1.54, 1.807) is 0 Å². The number of rotatable bonds is 1. The molecule has 88 valence electrons. The number of hydrogen-bond acceptors (Lipinski definition) is 4. The first-order chi connectivity index (χ1) is 7.99. The highest BCUT2D eigenvalue weighted by atomic mass is 35.5. The third-order valence-electron chi connectivity index (χ3n) is 1.93. The van der Waals surface area contributed by atoms with E-state index in [1.165, 1.54) is 6.92 Å². The normalized spacial score (nSPS) is 10.6. The maximum atomic E-state index is 13.1. The minimum Gasteiger partial charge on any atom is -0.209 e. The lowest BCUT2D eigenvalue weighted by molar-refractivity contribution is 0.531. The molecule has 0 radical (unpaired) electrons. The van der Waals surface area contributed by atoms with Gasteiger partial charge in [0, 0.05) is 0 Å². The summed E-state index contributed by atoms with van der Waals surface area (Å²) in [5, 5.41) is 0.0807. The van der Waals surface area contributed by atoms with Gasteiger partial charge in [0.15, 0.2) is 0 Å². The smallest absolute Gasteiger partial charge is 0.209 e. The van der Waals surface area contributed by atoms with Gasteiger partial charge in [0.25, 0.3) is 0 Å². The van der Waals surface area contributed by atoms with E-state index in [4.69, 9.17) is 23.2 Å². The summed E-state index contributed by atoms with van der Waals surface area (Å²) in [7, 11) is 0. The third kappa shape index (κ3) is 2.32. The van der Waals surface area contributed by atoms with Gasteiger partial charge in [-0.25, -0.2) is 9.97 Å². The Morgan fingerprint density at radius 2 is 1.65 bits per heavy atom. The SMILES string of the molecule is Cc1nc(F)nc(-c2nc(F)ncc2Cl)c1Cl.